The van der Waals surface area contributed by atoms with Crippen LogP contribution >= 0.6 is 0 Å². The van der Waals surface area contributed by atoms with Crippen LogP contribution in [-0.4, -0.2) is 59.2 Å². The summed E-state index contributed by atoms with van der Waals surface area (Å²) in [5, 5.41) is 0. The number of rotatable bonds is 2. The molecule has 0 saturated carbocycles. The summed E-state index contributed by atoms with van der Waals surface area (Å²) in [7, 11) is 0. The van der Waals surface area contributed by atoms with Crippen LogP contribution in [0.2, 0.25) is 0 Å². The molecule has 0 N–H and O–H groups in total. The maximum Gasteiger partial charge on any atom is 0.290 e. The molecule has 2 aromatic heterocycles. The number of anilines is 1. The van der Waals surface area contributed by atoms with Crippen molar-refractivity contribution < 1.29 is 13.9 Å². The van der Waals surface area contributed by atoms with Gasteiger partial charge in [0.25, 0.3) is 5.91 Å². The molecule has 120 valence electrons. The molecular weight excluding hydrogens is 296 g/mol. The smallest absolute Gasteiger partial charge is 0.290 e. The topological polar surface area (TPSA) is 71.7 Å². The molecule has 0 aromatic carbocycles. The van der Waals surface area contributed by atoms with E-state index in [2.05, 4.69) is 14.9 Å². The molecule has 2 fully saturated rings. The Balaban J connectivity index is 1.54. The quantitative estimate of drug-likeness (QED) is 0.827. The van der Waals surface area contributed by atoms with Gasteiger partial charge in [-0.25, -0.2) is 9.97 Å². The Morgan fingerprint density at radius 3 is 2.87 bits per heavy atom. The summed E-state index contributed by atoms with van der Waals surface area (Å²) in [6.45, 7) is 4.43. The first-order valence-corrected chi connectivity index (χ1v) is 7.72. The average molecular weight is 314 g/mol. The molecule has 0 aliphatic carbocycles. The number of amides is 1. The van der Waals surface area contributed by atoms with Crippen LogP contribution in [-0.2, 0) is 4.74 Å². The number of aromatic nitrogens is 2. The lowest BCUT2D eigenvalue weighted by Crippen LogP contribution is -2.53. The number of hydrogen-bond acceptors (Lipinski definition) is 6. The number of nitrogens with zero attached hydrogens (tertiary/aromatic N) is 4. The van der Waals surface area contributed by atoms with Crippen LogP contribution in [0.25, 0.3) is 0 Å². The van der Waals surface area contributed by atoms with E-state index < -0.39 is 0 Å². The van der Waals surface area contributed by atoms with Gasteiger partial charge < -0.3 is 19.0 Å². The van der Waals surface area contributed by atoms with E-state index >= 15 is 0 Å². The van der Waals surface area contributed by atoms with Crippen LogP contribution in [0.4, 0.5) is 5.95 Å². The van der Waals surface area contributed by atoms with Gasteiger partial charge in [-0.1, -0.05) is 0 Å². The molecule has 4 heterocycles. The van der Waals surface area contributed by atoms with Gasteiger partial charge in [-0.2, -0.15) is 0 Å². The molecular formula is C16H18N4O3. The number of carbonyl (C=O) groups excluding carboxylic acids is 1. The van der Waals surface area contributed by atoms with Crippen LogP contribution in [0.1, 0.15) is 16.1 Å². The van der Waals surface area contributed by atoms with Crippen LogP contribution < -0.4 is 4.90 Å². The number of fused-ring (bicyclic) bond motifs is 1. The second-order valence-electron chi connectivity index (χ2n) is 5.92. The van der Waals surface area contributed by atoms with Crippen molar-refractivity contribution in [2.24, 2.45) is 0 Å². The van der Waals surface area contributed by atoms with Gasteiger partial charge in [0.2, 0.25) is 5.95 Å². The molecule has 2 atom stereocenters. The first-order chi connectivity index (χ1) is 11.2. The largest absolute Gasteiger partial charge is 0.459 e. The van der Waals surface area contributed by atoms with E-state index in [1.165, 1.54) is 6.26 Å². The Kier molecular flexibility index (Phi) is 3.49. The number of morpholine rings is 1. The lowest BCUT2D eigenvalue weighted by molar-refractivity contribution is -0.0373. The molecule has 7 heteroatoms. The second kappa shape index (κ2) is 5.66. The zero-order chi connectivity index (χ0) is 15.8. The molecule has 0 unspecified atom stereocenters. The summed E-state index contributed by atoms with van der Waals surface area (Å²) < 4.78 is 11.1. The predicted octanol–water partition coefficient (Wildman–Crippen LogP) is 1.11. The SMILES string of the molecule is Cc1cnc(N2C[C@@H]3OCCN(C(=O)c4ccco4)[C@@H]3C2)nc1. The van der Waals surface area contributed by atoms with Crippen LogP contribution in [0.3, 0.4) is 0 Å². The van der Waals surface area contributed by atoms with E-state index in [4.69, 9.17) is 9.15 Å². The van der Waals surface area contributed by atoms with Crippen molar-refractivity contribution in [2.75, 3.05) is 31.1 Å². The lowest BCUT2D eigenvalue weighted by Gasteiger charge is -2.36. The summed E-state index contributed by atoms with van der Waals surface area (Å²) in [5.41, 5.74) is 1.02. The Bertz CT molecular complexity index is 686. The van der Waals surface area contributed by atoms with Crippen LogP contribution in [0, 0.1) is 6.92 Å². The third-order valence-electron chi connectivity index (χ3n) is 4.34. The summed E-state index contributed by atoms with van der Waals surface area (Å²) in [5.74, 6) is 0.967. The monoisotopic (exact) mass is 314 g/mol. The second-order valence-corrected chi connectivity index (χ2v) is 5.92. The summed E-state index contributed by atoms with van der Waals surface area (Å²) in [6, 6.07) is 3.42. The molecule has 2 aromatic rings. The third-order valence-corrected chi connectivity index (χ3v) is 4.34. The van der Waals surface area contributed by atoms with Gasteiger partial charge in [-0.3, -0.25) is 4.79 Å². The minimum absolute atomic E-state index is 0.00810. The van der Waals surface area contributed by atoms with Gasteiger partial charge in [0.05, 0.1) is 25.0 Å². The highest BCUT2D eigenvalue weighted by Gasteiger charge is 2.43. The summed E-state index contributed by atoms with van der Waals surface area (Å²) >= 11 is 0. The highest BCUT2D eigenvalue weighted by atomic mass is 16.5. The molecule has 0 spiro atoms. The highest BCUT2D eigenvalue weighted by molar-refractivity contribution is 5.91. The molecule has 2 saturated heterocycles. The molecule has 1 amide bonds. The third kappa shape index (κ3) is 2.57. The fourth-order valence-electron chi connectivity index (χ4n) is 3.19. The maximum absolute atomic E-state index is 12.6. The van der Waals surface area contributed by atoms with E-state index in [9.17, 15) is 4.79 Å². The average Bonchev–Trinajstić information content (AvgIpc) is 3.24. The maximum atomic E-state index is 12.6. The molecule has 23 heavy (non-hydrogen) atoms. The van der Waals surface area contributed by atoms with Crippen molar-refractivity contribution in [2.45, 2.75) is 19.1 Å². The number of aryl methyl sites for hydroxylation is 1. The first-order valence-electron chi connectivity index (χ1n) is 7.72. The van der Waals surface area contributed by atoms with Crippen molar-refractivity contribution in [3.8, 4) is 0 Å². The standard InChI is InChI=1S/C16H18N4O3/c1-11-7-17-16(18-8-11)19-9-12-14(10-19)23-6-4-20(12)15(21)13-3-2-5-22-13/h2-3,5,7-8,12,14H,4,6,9-10H2,1H3/t12-,14+/m1/s1. The summed E-state index contributed by atoms with van der Waals surface area (Å²) in [6.07, 6.45) is 5.10. The van der Waals surface area contributed by atoms with Gasteiger partial charge in [0.1, 0.15) is 0 Å². The van der Waals surface area contributed by atoms with Gasteiger partial charge in [-0.15, -0.1) is 0 Å². The van der Waals surface area contributed by atoms with Crippen LogP contribution in [0.5, 0.6) is 0 Å². The normalized spacial score (nSPS) is 23.9. The van der Waals surface area contributed by atoms with Crippen molar-refractivity contribution in [3.05, 3.63) is 42.1 Å². The fraction of sp³-hybridized carbons (Fsp3) is 0.438. The fourth-order valence-corrected chi connectivity index (χ4v) is 3.19. The first kappa shape index (κ1) is 14.2. The van der Waals surface area contributed by atoms with E-state index in [1.807, 2.05) is 11.8 Å². The zero-order valence-corrected chi connectivity index (χ0v) is 12.9. The number of carbonyl (C=O) groups is 1. The van der Waals surface area contributed by atoms with Crippen molar-refractivity contribution in [1.82, 2.24) is 14.9 Å². The number of furan rings is 1. The minimum Gasteiger partial charge on any atom is -0.459 e. The van der Waals surface area contributed by atoms with E-state index in [-0.39, 0.29) is 18.1 Å². The zero-order valence-electron chi connectivity index (χ0n) is 12.9. The Morgan fingerprint density at radius 2 is 2.13 bits per heavy atom. The van der Waals surface area contributed by atoms with Crippen LogP contribution in [0.15, 0.2) is 35.2 Å². The number of ether oxygens (including phenoxy) is 1. The van der Waals surface area contributed by atoms with E-state index in [1.54, 1.807) is 24.5 Å². The predicted molar refractivity (Wildman–Crippen MR) is 82.3 cm³/mol. The molecule has 0 bridgehead atoms. The van der Waals surface area contributed by atoms with Gasteiger partial charge in [0, 0.05) is 32.0 Å². The van der Waals surface area contributed by atoms with Crippen molar-refractivity contribution in [1.29, 1.82) is 0 Å². The molecule has 2 aliphatic heterocycles. The summed E-state index contributed by atoms with van der Waals surface area (Å²) in [4.78, 5) is 25.3. The Labute approximate surface area is 133 Å². The molecule has 7 nitrogen and oxygen atoms in total. The van der Waals surface area contributed by atoms with E-state index in [0.29, 0.717) is 37.9 Å². The van der Waals surface area contributed by atoms with Crippen molar-refractivity contribution in [3.63, 3.8) is 0 Å². The van der Waals surface area contributed by atoms with Gasteiger partial charge in [0.15, 0.2) is 5.76 Å². The molecule has 0 radical (unpaired) electrons. The minimum atomic E-state index is -0.0834. The lowest BCUT2D eigenvalue weighted by atomic mass is 10.1. The van der Waals surface area contributed by atoms with Gasteiger partial charge >= 0.3 is 0 Å². The van der Waals surface area contributed by atoms with Gasteiger partial charge in [-0.05, 0) is 24.6 Å². The number of hydrogen-bond donors (Lipinski definition) is 0. The Morgan fingerprint density at radius 1 is 1.30 bits per heavy atom. The van der Waals surface area contributed by atoms with E-state index in [0.717, 1.165) is 5.56 Å². The molecule has 4 rings (SSSR count). The Hall–Kier alpha value is -2.41. The van der Waals surface area contributed by atoms with Crippen molar-refractivity contribution >= 4 is 11.9 Å². The highest BCUT2D eigenvalue weighted by Crippen LogP contribution is 2.26. The molecule has 2 aliphatic rings.